The molecular formula is C13H20N2O3. The van der Waals surface area contributed by atoms with Gasteiger partial charge >= 0.3 is 6.03 Å². The summed E-state index contributed by atoms with van der Waals surface area (Å²) in [5.74, 6) is 1.34. The fraction of sp³-hybridized carbons (Fsp3) is 0.462. The van der Waals surface area contributed by atoms with Crippen LogP contribution in [0.3, 0.4) is 0 Å². The zero-order valence-corrected chi connectivity index (χ0v) is 11.3. The van der Waals surface area contributed by atoms with E-state index in [1.165, 1.54) is 4.90 Å². The molecule has 1 rings (SSSR count). The molecule has 0 heterocycles. The number of nitrogens with zero attached hydrogens (tertiary/aromatic N) is 1. The van der Waals surface area contributed by atoms with E-state index in [1.54, 1.807) is 26.2 Å². The molecule has 0 atom stereocenters. The highest BCUT2D eigenvalue weighted by Gasteiger charge is 2.10. The first-order valence-corrected chi connectivity index (χ1v) is 5.96. The van der Waals surface area contributed by atoms with Crippen molar-refractivity contribution in [2.75, 3.05) is 32.6 Å². The van der Waals surface area contributed by atoms with Crippen molar-refractivity contribution in [1.82, 2.24) is 4.90 Å². The Bertz CT molecular complexity index is 405. The van der Waals surface area contributed by atoms with Gasteiger partial charge in [0.25, 0.3) is 0 Å². The molecule has 18 heavy (non-hydrogen) atoms. The van der Waals surface area contributed by atoms with Gasteiger partial charge in [0.2, 0.25) is 0 Å². The topological polar surface area (TPSA) is 50.8 Å². The molecule has 0 aliphatic carbocycles. The van der Waals surface area contributed by atoms with E-state index in [9.17, 15) is 4.79 Å². The molecule has 0 bridgehead atoms. The fourth-order valence-electron chi connectivity index (χ4n) is 1.37. The number of ether oxygens (including phenoxy) is 2. The number of hydrogen-bond donors (Lipinski definition) is 1. The number of amides is 2. The summed E-state index contributed by atoms with van der Waals surface area (Å²) < 4.78 is 10.9. The van der Waals surface area contributed by atoms with Crippen LogP contribution in [0.2, 0.25) is 0 Å². The molecule has 0 spiro atoms. The SMILES string of the molecule is CCOc1ccc(OCC)c(NC(=O)N(C)C)c1. The number of urea groups is 1. The molecular weight excluding hydrogens is 232 g/mol. The van der Waals surface area contributed by atoms with E-state index in [2.05, 4.69) is 5.32 Å². The molecule has 0 aliphatic heterocycles. The number of rotatable bonds is 5. The van der Waals surface area contributed by atoms with Gasteiger partial charge in [-0.2, -0.15) is 0 Å². The largest absolute Gasteiger partial charge is 0.494 e. The molecule has 0 aliphatic rings. The van der Waals surface area contributed by atoms with E-state index in [-0.39, 0.29) is 6.03 Å². The Kier molecular flexibility index (Phi) is 5.30. The minimum absolute atomic E-state index is 0.204. The van der Waals surface area contributed by atoms with Gasteiger partial charge in [0.1, 0.15) is 11.5 Å². The molecule has 0 fully saturated rings. The highest BCUT2D eigenvalue weighted by atomic mass is 16.5. The molecule has 5 nitrogen and oxygen atoms in total. The van der Waals surface area contributed by atoms with E-state index < -0.39 is 0 Å². The lowest BCUT2D eigenvalue weighted by molar-refractivity contribution is 0.230. The summed E-state index contributed by atoms with van der Waals surface area (Å²) in [6.07, 6.45) is 0. The van der Waals surface area contributed by atoms with Crippen molar-refractivity contribution in [2.24, 2.45) is 0 Å². The second-order valence-corrected chi connectivity index (χ2v) is 3.85. The van der Waals surface area contributed by atoms with Crippen molar-refractivity contribution in [2.45, 2.75) is 13.8 Å². The van der Waals surface area contributed by atoms with Gasteiger partial charge in [0.05, 0.1) is 18.9 Å². The summed E-state index contributed by atoms with van der Waals surface area (Å²) >= 11 is 0. The van der Waals surface area contributed by atoms with Crippen LogP contribution >= 0.6 is 0 Å². The van der Waals surface area contributed by atoms with Crippen LogP contribution in [0, 0.1) is 0 Å². The first-order chi connectivity index (χ1) is 8.58. The highest BCUT2D eigenvalue weighted by Crippen LogP contribution is 2.29. The summed E-state index contributed by atoms with van der Waals surface area (Å²) in [5.41, 5.74) is 0.613. The van der Waals surface area contributed by atoms with Crippen LogP contribution in [0.4, 0.5) is 10.5 Å². The molecule has 1 aromatic rings. The van der Waals surface area contributed by atoms with Gasteiger partial charge in [0.15, 0.2) is 0 Å². The third-order valence-electron chi connectivity index (χ3n) is 2.21. The van der Waals surface area contributed by atoms with Gasteiger partial charge in [-0.05, 0) is 26.0 Å². The molecule has 100 valence electrons. The van der Waals surface area contributed by atoms with Crippen LogP contribution in [0.1, 0.15) is 13.8 Å². The second-order valence-electron chi connectivity index (χ2n) is 3.85. The standard InChI is InChI=1S/C13H20N2O3/c1-5-17-10-7-8-12(18-6-2)11(9-10)14-13(16)15(3)4/h7-9H,5-6H2,1-4H3,(H,14,16). The highest BCUT2D eigenvalue weighted by molar-refractivity contribution is 5.90. The van der Waals surface area contributed by atoms with Gasteiger partial charge in [-0.15, -0.1) is 0 Å². The summed E-state index contributed by atoms with van der Waals surface area (Å²) in [4.78, 5) is 13.1. The van der Waals surface area contributed by atoms with Crippen LogP contribution in [-0.2, 0) is 0 Å². The molecule has 1 N–H and O–H groups in total. The molecule has 2 amide bonds. The van der Waals surface area contributed by atoms with Crippen molar-refractivity contribution in [1.29, 1.82) is 0 Å². The lowest BCUT2D eigenvalue weighted by Crippen LogP contribution is -2.27. The Balaban J connectivity index is 2.95. The van der Waals surface area contributed by atoms with Crippen LogP contribution in [0.15, 0.2) is 18.2 Å². The van der Waals surface area contributed by atoms with Gasteiger partial charge in [0, 0.05) is 20.2 Å². The Morgan fingerprint density at radius 1 is 1.22 bits per heavy atom. The van der Waals surface area contributed by atoms with E-state index in [1.807, 2.05) is 19.9 Å². The Morgan fingerprint density at radius 2 is 1.89 bits per heavy atom. The summed E-state index contributed by atoms with van der Waals surface area (Å²) in [6.45, 7) is 4.93. The summed E-state index contributed by atoms with van der Waals surface area (Å²) in [7, 11) is 3.37. The molecule has 0 unspecified atom stereocenters. The van der Waals surface area contributed by atoms with Crippen molar-refractivity contribution in [3.63, 3.8) is 0 Å². The quantitative estimate of drug-likeness (QED) is 0.876. The van der Waals surface area contributed by atoms with Crippen LogP contribution < -0.4 is 14.8 Å². The average molecular weight is 252 g/mol. The first-order valence-electron chi connectivity index (χ1n) is 5.96. The molecule has 5 heteroatoms. The Labute approximate surface area is 108 Å². The lowest BCUT2D eigenvalue weighted by Gasteiger charge is -2.16. The van der Waals surface area contributed by atoms with E-state index in [0.29, 0.717) is 30.4 Å². The van der Waals surface area contributed by atoms with Gasteiger partial charge in [-0.25, -0.2) is 4.79 Å². The molecule has 0 radical (unpaired) electrons. The monoisotopic (exact) mass is 252 g/mol. The normalized spacial score (nSPS) is 9.78. The number of carbonyl (C=O) groups excluding carboxylic acids is 1. The maximum absolute atomic E-state index is 11.7. The zero-order chi connectivity index (χ0) is 13.5. The summed E-state index contributed by atoms with van der Waals surface area (Å²) in [5, 5.41) is 2.78. The summed E-state index contributed by atoms with van der Waals surface area (Å²) in [6, 6.07) is 5.17. The van der Waals surface area contributed by atoms with Crippen molar-refractivity contribution >= 4 is 11.7 Å². The van der Waals surface area contributed by atoms with Crippen molar-refractivity contribution in [3.8, 4) is 11.5 Å². The van der Waals surface area contributed by atoms with Crippen LogP contribution in [0.25, 0.3) is 0 Å². The van der Waals surface area contributed by atoms with Gasteiger partial charge in [-0.3, -0.25) is 0 Å². The number of anilines is 1. The van der Waals surface area contributed by atoms with Crippen molar-refractivity contribution in [3.05, 3.63) is 18.2 Å². The first kappa shape index (κ1) is 14.2. The maximum Gasteiger partial charge on any atom is 0.321 e. The minimum Gasteiger partial charge on any atom is -0.494 e. The van der Waals surface area contributed by atoms with Crippen molar-refractivity contribution < 1.29 is 14.3 Å². The van der Waals surface area contributed by atoms with Gasteiger partial charge < -0.3 is 19.7 Å². The predicted molar refractivity (Wildman–Crippen MR) is 71.5 cm³/mol. The zero-order valence-electron chi connectivity index (χ0n) is 11.3. The Hall–Kier alpha value is -1.91. The molecule has 1 aromatic carbocycles. The van der Waals surface area contributed by atoms with Crippen LogP contribution in [-0.4, -0.2) is 38.2 Å². The maximum atomic E-state index is 11.7. The molecule has 0 saturated carbocycles. The number of hydrogen-bond acceptors (Lipinski definition) is 3. The van der Waals surface area contributed by atoms with Crippen LogP contribution in [0.5, 0.6) is 11.5 Å². The van der Waals surface area contributed by atoms with E-state index in [0.717, 1.165) is 0 Å². The minimum atomic E-state index is -0.204. The number of carbonyl (C=O) groups is 1. The Morgan fingerprint density at radius 3 is 2.44 bits per heavy atom. The number of nitrogens with one attached hydrogen (secondary N) is 1. The number of benzene rings is 1. The second kappa shape index (κ2) is 6.74. The third-order valence-corrected chi connectivity index (χ3v) is 2.21. The smallest absolute Gasteiger partial charge is 0.321 e. The molecule has 0 aromatic heterocycles. The predicted octanol–water partition coefficient (Wildman–Crippen LogP) is 2.58. The van der Waals surface area contributed by atoms with Gasteiger partial charge in [-0.1, -0.05) is 0 Å². The lowest BCUT2D eigenvalue weighted by atomic mass is 10.2. The fourth-order valence-corrected chi connectivity index (χ4v) is 1.37. The van der Waals surface area contributed by atoms with E-state index >= 15 is 0 Å². The van der Waals surface area contributed by atoms with E-state index in [4.69, 9.17) is 9.47 Å². The average Bonchev–Trinajstić information content (AvgIpc) is 2.33. The molecule has 0 saturated heterocycles. The third kappa shape index (κ3) is 3.84.